The van der Waals surface area contributed by atoms with Gasteiger partial charge in [0.1, 0.15) is 5.76 Å². The van der Waals surface area contributed by atoms with Gasteiger partial charge >= 0.3 is 0 Å². The molecule has 6 nitrogen and oxygen atoms in total. The molecule has 0 fully saturated rings. The Balaban J connectivity index is 0.00000529. The molecular formula is C17H31IN4O2. The lowest BCUT2D eigenvalue weighted by atomic mass is 9.93. The zero-order chi connectivity index (χ0) is 17.3. The van der Waals surface area contributed by atoms with Gasteiger partial charge in [0.2, 0.25) is 5.91 Å². The number of nitrogens with one attached hydrogen (secondary N) is 3. The van der Waals surface area contributed by atoms with E-state index in [2.05, 4.69) is 34.8 Å². The van der Waals surface area contributed by atoms with Crippen LogP contribution in [0.2, 0.25) is 0 Å². The molecule has 1 amide bonds. The summed E-state index contributed by atoms with van der Waals surface area (Å²) in [6.07, 6.45) is 2.46. The van der Waals surface area contributed by atoms with Gasteiger partial charge in [0.15, 0.2) is 5.96 Å². The van der Waals surface area contributed by atoms with Gasteiger partial charge in [-0.15, -0.1) is 24.0 Å². The average molecular weight is 450 g/mol. The van der Waals surface area contributed by atoms with E-state index >= 15 is 0 Å². The van der Waals surface area contributed by atoms with E-state index in [-0.39, 0.29) is 29.9 Å². The Bertz CT molecular complexity index is 499. The molecule has 0 unspecified atom stereocenters. The molecule has 0 saturated carbocycles. The highest BCUT2D eigenvalue weighted by atomic mass is 127. The highest BCUT2D eigenvalue weighted by Gasteiger charge is 2.26. The second kappa shape index (κ2) is 11.3. The molecule has 1 aromatic rings. The fourth-order valence-electron chi connectivity index (χ4n) is 1.92. The highest BCUT2D eigenvalue weighted by Crippen LogP contribution is 2.15. The number of furan rings is 1. The maximum Gasteiger partial charge on any atom is 0.227 e. The van der Waals surface area contributed by atoms with Gasteiger partial charge in [-0.3, -0.25) is 9.79 Å². The highest BCUT2D eigenvalue weighted by molar-refractivity contribution is 14.0. The second-order valence-electron chi connectivity index (χ2n) is 6.66. The Morgan fingerprint density at radius 3 is 2.58 bits per heavy atom. The summed E-state index contributed by atoms with van der Waals surface area (Å²) in [7, 11) is 1.65. The molecule has 0 bridgehead atoms. The smallest absolute Gasteiger partial charge is 0.227 e. The van der Waals surface area contributed by atoms with E-state index in [4.69, 9.17) is 4.42 Å². The van der Waals surface area contributed by atoms with Gasteiger partial charge in [-0.05, 0) is 31.9 Å². The first-order valence-electron chi connectivity index (χ1n) is 8.12. The number of aliphatic imine (C=N–C) groups is 1. The van der Waals surface area contributed by atoms with Crippen molar-refractivity contribution in [1.29, 1.82) is 0 Å². The molecule has 138 valence electrons. The fraction of sp³-hybridized carbons (Fsp3) is 0.647. The Morgan fingerprint density at radius 1 is 1.33 bits per heavy atom. The third kappa shape index (κ3) is 8.56. The Morgan fingerprint density at radius 2 is 2.04 bits per heavy atom. The molecule has 1 heterocycles. The van der Waals surface area contributed by atoms with Gasteiger partial charge < -0.3 is 20.4 Å². The first-order valence-corrected chi connectivity index (χ1v) is 8.12. The Kier molecular flexibility index (Phi) is 10.7. The van der Waals surface area contributed by atoms with Crippen molar-refractivity contribution in [3.8, 4) is 0 Å². The topological polar surface area (TPSA) is 78.7 Å². The number of guanidine groups is 1. The van der Waals surface area contributed by atoms with Crippen LogP contribution in [0.1, 0.15) is 33.5 Å². The summed E-state index contributed by atoms with van der Waals surface area (Å²) in [5.74, 6) is 2.16. The Hall–Kier alpha value is -1.25. The minimum atomic E-state index is -0.539. The lowest BCUT2D eigenvalue weighted by molar-refractivity contribution is -0.128. The first kappa shape index (κ1) is 22.8. The predicted octanol–water partition coefficient (Wildman–Crippen LogP) is 2.40. The molecule has 1 rings (SSSR count). The van der Waals surface area contributed by atoms with Gasteiger partial charge in [-0.1, -0.05) is 13.8 Å². The summed E-state index contributed by atoms with van der Waals surface area (Å²) in [5.41, 5.74) is -0.539. The average Bonchev–Trinajstić information content (AvgIpc) is 3.01. The number of rotatable bonds is 8. The van der Waals surface area contributed by atoms with Crippen LogP contribution in [-0.4, -0.2) is 38.5 Å². The van der Waals surface area contributed by atoms with Crippen molar-refractivity contribution in [1.82, 2.24) is 16.0 Å². The van der Waals surface area contributed by atoms with E-state index < -0.39 is 5.41 Å². The number of amides is 1. The molecule has 0 aliphatic heterocycles. The van der Waals surface area contributed by atoms with Crippen molar-refractivity contribution >= 4 is 35.8 Å². The summed E-state index contributed by atoms with van der Waals surface area (Å²) in [4.78, 5) is 16.4. The summed E-state index contributed by atoms with van der Waals surface area (Å²) in [6.45, 7) is 10.0. The van der Waals surface area contributed by atoms with E-state index in [1.165, 1.54) is 0 Å². The van der Waals surface area contributed by atoms with E-state index in [0.29, 0.717) is 12.5 Å². The van der Waals surface area contributed by atoms with Gasteiger partial charge in [0.05, 0.1) is 18.2 Å². The van der Waals surface area contributed by atoms with Crippen LogP contribution in [0.25, 0.3) is 0 Å². The lowest BCUT2D eigenvalue weighted by Gasteiger charge is -2.21. The SMILES string of the molecule is CNC(=O)C(C)(C)CN=C(NCCc1ccco1)NCC(C)C.I. The van der Waals surface area contributed by atoms with Crippen molar-refractivity contribution in [3.05, 3.63) is 24.2 Å². The molecule has 1 aromatic heterocycles. The van der Waals surface area contributed by atoms with Crippen LogP contribution in [0.15, 0.2) is 27.8 Å². The van der Waals surface area contributed by atoms with Crippen LogP contribution in [0, 0.1) is 11.3 Å². The summed E-state index contributed by atoms with van der Waals surface area (Å²) in [6, 6.07) is 3.84. The van der Waals surface area contributed by atoms with Gasteiger partial charge in [0, 0.05) is 26.6 Å². The van der Waals surface area contributed by atoms with Crippen molar-refractivity contribution in [2.24, 2.45) is 16.3 Å². The zero-order valence-corrected chi connectivity index (χ0v) is 17.6. The number of halogens is 1. The number of carbonyl (C=O) groups is 1. The second-order valence-corrected chi connectivity index (χ2v) is 6.66. The quantitative estimate of drug-likeness (QED) is 0.323. The molecular weight excluding hydrogens is 419 g/mol. The van der Waals surface area contributed by atoms with Crippen molar-refractivity contribution in [2.45, 2.75) is 34.1 Å². The molecule has 0 aliphatic rings. The number of nitrogens with zero attached hydrogens (tertiary/aromatic N) is 1. The molecule has 0 atom stereocenters. The first-order chi connectivity index (χ1) is 10.8. The third-order valence-electron chi connectivity index (χ3n) is 3.40. The molecule has 24 heavy (non-hydrogen) atoms. The normalized spacial score (nSPS) is 11.8. The molecule has 0 aliphatic carbocycles. The standard InChI is InChI=1S/C17H30N4O2.HI/c1-13(2)11-20-16(19-9-8-14-7-6-10-23-14)21-12-17(3,4)15(22)18-5;/h6-7,10,13H,8-9,11-12H2,1-5H3,(H,18,22)(H2,19,20,21);1H. The Labute approximate surface area is 162 Å². The zero-order valence-electron chi connectivity index (χ0n) is 15.3. The molecule has 3 N–H and O–H groups in total. The van der Waals surface area contributed by atoms with Crippen molar-refractivity contribution in [3.63, 3.8) is 0 Å². The minimum absolute atomic E-state index is 0. The van der Waals surface area contributed by atoms with E-state index in [1.807, 2.05) is 26.0 Å². The monoisotopic (exact) mass is 450 g/mol. The fourth-order valence-corrected chi connectivity index (χ4v) is 1.92. The lowest BCUT2D eigenvalue weighted by Crippen LogP contribution is -2.42. The predicted molar refractivity (Wildman–Crippen MR) is 109 cm³/mol. The van der Waals surface area contributed by atoms with Crippen LogP contribution in [0.4, 0.5) is 0 Å². The molecule has 0 saturated heterocycles. The molecule has 7 heteroatoms. The van der Waals surface area contributed by atoms with Gasteiger partial charge in [0.25, 0.3) is 0 Å². The van der Waals surface area contributed by atoms with Crippen LogP contribution in [0.5, 0.6) is 0 Å². The molecule has 0 radical (unpaired) electrons. The van der Waals surface area contributed by atoms with E-state index in [1.54, 1.807) is 13.3 Å². The van der Waals surface area contributed by atoms with Crippen LogP contribution < -0.4 is 16.0 Å². The van der Waals surface area contributed by atoms with E-state index in [0.717, 1.165) is 31.2 Å². The maximum absolute atomic E-state index is 11.8. The number of carbonyl (C=O) groups excluding carboxylic acids is 1. The van der Waals surface area contributed by atoms with Crippen LogP contribution in [0.3, 0.4) is 0 Å². The van der Waals surface area contributed by atoms with Gasteiger partial charge in [-0.25, -0.2) is 0 Å². The molecule has 0 aromatic carbocycles. The summed E-state index contributed by atoms with van der Waals surface area (Å²) in [5, 5.41) is 9.27. The number of hydrogen-bond donors (Lipinski definition) is 3. The van der Waals surface area contributed by atoms with Crippen molar-refractivity contribution in [2.75, 3.05) is 26.7 Å². The molecule has 0 spiro atoms. The third-order valence-corrected chi connectivity index (χ3v) is 3.40. The number of hydrogen-bond acceptors (Lipinski definition) is 3. The van der Waals surface area contributed by atoms with Crippen LogP contribution in [-0.2, 0) is 11.2 Å². The van der Waals surface area contributed by atoms with Crippen molar-refractivity contribution < 1.29 is 9.21 Å². The maximum atomic E-state index is 11.8. The summed E-state index contributed by atoms with van der Waals surface area (Å²) < 4.78 is 5.32. The van der Waals surface area contributed by atoms with Crippen LogP contribution >= 0.6 is 24.0 Å². The largest absolute Gasteiger partial charge is 0.469 e. The summed E-state index contributed by atoms with van der Waals surface area (Å²) >= 11 is 0. The van der Waals surface area contributed by atoms with Gasteiger partial charge in [-0.2, -0.15) is 0 Å². The minimum Gasteiger partial charge on any atom is -0.469 e. The van der Waals surface area contributed by atoms with E-state index in [9.17, 15) is 4.79 Å².